The van der Waals surface area contributed by atoms with Crippen LogP contribution in [0.15, 0.2) is 0 Å². The fourth-order valence-corrected chi connectivity index (χ4v) is 1.50. The van der Waals surface area contributed by atoms with Crippen molar-refractivity contribution in [1.29, 1.82) is 0 Å². The summed E-state index contributed by atoms with van der Waals surface area (Å²) in [4.78, 5) is 13.5. The first-order chi connectivity index (χ1) is 7.07. The Kier molecular flexibility index (Phi) is 8.44. The normalized spacial score (nSPS) is 10.7. The molecule has 15 heavy (non-hydrogen) atoms. The van der Waals surface area contributed by atoms with E-state index in [1.165, 1.54) is 19.3 Å². The molecule has 0 heterocycles. The average Bonchev–Trinajstić information content (AvgIpc) is 2.20. The smallest absolute Gasteiger partial charge is 0.222 e. The van der Waals surface area contributed by atoms with E-state index in [0.29, 0.717) is 18.2 Å². The zero-order valence-electron chi connectivity index (χ0n) is 10.9. The highest BCUT2D eigenvalue weighted by molar-refractivity contribution is 5.75. The number of amides is 1. The van der Waals surface area contributed by atoms with Crippen LogP contribution in [-0.2, 0) is 4.79 Å². The Morgan fingerprint density at radius 2 is 1.87 bits per heavy atom. The lowest BCUT2D eigenvalue weighted by Crippen LogP contribution is -2.27. The molecular formula is C13H27NO. The molecule has 0 unspecified atom stereocenters. The lowest BCUT2D eigenvalue weighted by molar-refractivity contribution is -0.130. The molecular weight excluding hydrogens is 186 g/mol. The first-order valence-corrected chi connectivity index (χ1v) is 6.31. The van der Waals surface area contributed by atoms with Gasteiger partial charge in [-0.25, -0.2) is 0 Å². The van der Waals surface area contributed by atoms with Crippen LogP contribution in [0.3, 0.4) is 0 Å². The van der Waals surface area contributed by atoms with Gasteiger partial charge in [0, 0.05) is 20.0 Å². The molecule has 90 valence electrons. The number of rotatable bonds is 8. The Morgan fingerprint density at radius 1 is 1.20 bits per heavy atom. The molecule has 2 nitrogen and oxygen atoms in total. The van der Waals surface area contributed by atoms with Crippen molar-refractivity contribution in [3.05, 3.63) is 0 Å². The van der Waals surface area contributed by atoms with E-state index in [0.717, 1.165) is 19.4 Å². The Balaban J connectivity index is 3.51. The van der Waals surface area contributed by atoms with Gasteiger partial charge in [0.1, 0.15) is 0 Å². The van der Waals surface area contributed by atoms with E-state index in [1.807, 2.05) is 11.9 Å². The lowest BCUT2D eigenvalue weighted by atomic mass is 10.1. The summed E-state index contributed by atoms with van der Waals surface area (Å²) in [5.74, 6) is 0.933. The van der Waals surface area contributed by atoms with Gasteiger partial charge in [0.2, 0.25) is 5.91 Å². The van der Waals surface area contributed by atoms with Crippen molar-refractivity contribution in [2.75, 3.05) is 13.6 Å². The van der Waals surface area contributed by atoms with Gasteiger partial charge in [0.25, 0.3) is 0 Å². The highest BCUT2D eigenvalue weighted by Gasteiger charge is 2.08. The van der Waals surface area contributed by atoms with E-state index >= 15 is 0 Å². The molecule has 1 amide bonds. The number of unbranched alkanes of at least 4 members (excludes halogenated alkanes) is 3. The van der Waals surface area contributed by atoms with Crippen LogP contribution in [0.5, 0.6) is 0 Å². The second-order valence-corrected chi connectivity index (χ2v) is 4.81. The third kappa shape index (κ3) is 8.46. The molecule has 0 aromatic heterocycles. The molecule has 0 fully saturated rings. The maximum Gasteiger partial charge on any atom is 0.222 e. The fourth-order valence-electron chi connectivity index (χ4n) is 1.50. The molecule has 0 N–H and O–H groups in total. The van der Waals surface area contributed by atoms with Crippen LogP contribution in [0.25, 0.3) is 0 Å². The second-order valence-electron chi connectivity index (χ2n) is 4.81. The summed E-state index contributed by atoms with van der Waals surface area (Å²) in [6.45, 7) is 7.46. The van der Waals surface area contributed by atoms with Crippen LogP contribution < -0.4 is 0 Å². The monoisotopic (exact) mass is 213 g/mol. The predicted octanol–water partition coefficient (Wildman–Crippen LogP) is 3.46. The maximum atomic E-state index is 11.6. The van der Waals surface area contributed by atoms with Gasteiger partial charge in [-0.15, -0.1) is 0 Å². The molecule has 0 aliphatic rings. The zero-order chi connectivity index (χ0) is 11.7. The molecule has 0 radical (unpaired) electrons. The van der Waals surface area contributed by atoms with Crippen LogP contribution >= 0.6 is 0 Å². The number of carbonyl (C=O) groups excluding carboxylic acids is 1. The highest BCUT2D eigenvalue weighted by atomic mass is 16.2. The number of hydrogen-bond donors (Lipinski definition) is 0. The number of nitrogens with zero attached hydrogens (tertiary/aromatic N) is 1. The van der Waals surface area contributed by atoms with E-state index in [1.54, 1.807) is 0 Å². The third-order valence-corrected chi connectivity index (χ3v) is 2.71. The van der Waals surface area contributed by atoms with Gasteiger partial charge < -0.3 is 4.90 Å². The molecule has 0 rings (SSSR count). The first kappa shape index (κ1) is 14.5. The number of hydrogen-bond acceptors (Lipinski definition) is 1. The minimum absolute atomic E-state index is 0.306. The molecule has 0 aliphatic carbocycles. The van der Waals surface area contributed by atoms with Crippen LogP contribution in [0.4, 0.5) is 0 Å². The van der Waals surface area contributed by atoms with Gasteiger partial charge in [-0.2, -0.15) is 0 Å². The topological polar surface area (TPSA) is 20.3 Å². The van der Waals surface area contributed by atoms with Gasteiger partial charge in [-0.3, -0.25) is 4.79 Å². The van der Waals surface area contributed by atoms with Crippen molar-refractivity contribution in [2.24, 2.45) is 5.92 Å². The molecule has 0 aromatic rings. The average molecular weight is 213 g/mol. The standard InChI is InChI=1S/C13H27NO/c1-5-6-7-8-11-14(4)13(15)10-9-12(2)3/h12H,5-11H2,1-4H3. The van der Waals surface area contributed by atoms with Crippen molar-refractivity contribution in [2.45, 2.75) is 59.3 Å². The molecule has 0 spiro atoms. The summed E-state index contributed by atoms with van der Waals surface area (Å²) >= 11 is 0. The first-order valence-electron chi connectivity index (χ1n) is 6.31. The maximum absolute atomic E-state index is 11.6. The van der Waals surface area contributed by atoms with Crippen LogP contribution in [0.2, 0.25) is 0 Å². The van der Waals surface area contributed by atoms with Crippen molar-refractivity contribution < 1.29 is 4.79 Å². The largest absolute Gasteiger partial charge is 0.346 e. The van der Waals surface area contributed by atoms with Crippen molar-refractivity contribution >= 4 is 5.91 Å². The molecule has 0 saturated carbocycles. The summed E-state index contributed by atoms with van der Waals surface area (Å²) < 4.78 is 0. The quantitative estimate of drug-likeness (QED) is 0.565. The van der Waals surface area contributed by atoms with Crippen molar-refractivity contribution in [3.8, 4) is 0 Å². The highest BCUT2D eigenvalue weighted by Crippen LogP contribution is 2.06. The minimum atomic E-state index is 0.306. The van der Waals surface area contributed by atoms with E-state index < -0.39 is 0 Å². The van der Waals surface area contributed by atoms with Crippen molar-refractivity contribution in [1.82, 2.24) is 4.90 Å². The second kappa shape index (κ2) is 8.75. The predicted molar refractivity (Wildman–Crippen MR) is 65.9 cm³/mol. The van der Waals surface area contributed by atoms with E-state index in [4.69, 9.17) is 0 Å². The van der Waals surface area contributed by atoms with Gasteiger partial charge in [-0.1, -0.05) is 40.0 Å². The summed E-state index contributed by atoms with van der Waals surface area (Å²) in [7, 11) is 1.93. The molecule has 2 heteroatoms. The minimum Gasteiger partial charge on any atom is -0.346 e. The summed E-state index contributed by atoms with van der Waals surface area (Å²) in [6, 6.07) is 0. The SMILES string of the molecule is CCCCCCN(C)C(=O)CCC(C)C. The molecule has 0 atom stereocenters. The summed E-state index contributed by atoms with van der Waals surface area (Å²) in [5.41, 5.74) is 0. The van der Waals surface area contributed by atoms with E-state index in [9.17, 15) is 4.79 Å². The third-order valence-electron chi connectivity index (χ3n) is 2.71. The summed E-state index contributed by atoms with van der Waals surface area (Å²) in [5, 5.41) is 0. The molecule has 0 aromatic carbocycles. The van der Waals surface area contributed by atoms with Crippen LogP contribution in [0, 0.1) is 5.92 Å². The Morgan fingerprint density at radius 3 is 2.40 bits per heavy atom. The Labute approximate surface area is 95.0 Å². The van der Waals surface area contributed by atoms with Crippen LogP contribution in [-0.4, -0.2) is 24.4 Å². The summed E-state index contributed by atoms with van der Waals surface area (Å²) in [6.07, 6.45) is 6.66. The van der Waals surface area contributed by atoms with Gasteiger partial charge >= 0.3 is 0 Å². The number of carbonyl (C=O) groups is 1. The van der Waals surface area contributed by atoms with E-state index in [2.05, 4.69) is 20.8 Å². The molecule has 0 aliphatic heterocycles. The Hall–Kier alpha value is -0.530. The molecule has 0 saturated heterocycles. The van der Waals surface area contributed by atoms with E-state index in [-0.39, 0.29) is 0 Å². The molecule has 0 bridgehead atoms. The van der Waals surface area contributed by atoms with Crippen molar-refractivity contribution in [3.63, 3.8) is 0 Å². The van der Waals surface area contributed by atoms with Gasteiger partial charge in [-0.05, 0) is 18.8 Å². The lowest BCUT2D eigenvalue weighted by Gasteiger charge is -2.17. The fraction of sp³-hybridized carbons (Fsp3) is 0.923. The van der Waals surface area contributed by atoms with Crippen LogP contribution in [0.1, 0.15) is 59.3 Å². The zero-order valence-corrected chi connectivity index (χ0v) is 10.9. The van der Waals surface area contributed by atoms with Gasteiger partial charge in [0.15, 0.2) is 0 Å². The Bertz CT molecular complexity index is 166. The van der Waals surface area contributed by atoms with Gasteiger partial charge in [0.05, 0.1) is 0 Å².